The zero-order valence-electron chi connectivity index (χ0n) is 8.74. The maximum Gasteiger partial charge on any atom is 0.0692 e. The van der Waals surface area contributed by atoms with E-state index in [1.807, 2.05) is 0 Å². The lowest BCUT2D eigenvalue weighted by Crippen LogP contribution is -2.34. The van der Waals surface area contributed by atoms with Gasteiger partial charge in [0.2, 0.25) is 0 Å². The van der Waals surface area contributed by atoms with Gasteiger partial charge in [0.15, 0.2) is 0 Å². The van der Waals surface area contributed by atoms with Crippen LogP contribution in [0.15, 0.2) is 0 Å². The lowest BCUT2D eigenvalue weighted by Gasteiger charge is -2.22. The molecule has 0 radical (unpaired) electrons. The molecular formula is C11H21NO2. The fraction of sp³-hybridized carbons (Fsp3) is 1.00. The van der Waals surface area contributed by atoms with Crippen LogP contribution in [0.5, 0.6) is 0 Å². The SMILES string of the molecule is OC(CNCC1CCCOC1)C1CC1. The van der Waals surface area contributed by atoms with Crippen molar-refractivity contribution in [3.8, 4) is 0 Å². The maximum atomic E-state index is 9.62. The molecule has 0 aromatic carbocycles. The van der Waals surface area contributed by atoms with Crippen LogP contribution in [0, 0.1) is 11.8 Å². The predicted octanol–water partition coefficient (Wildman–Crippen LogP) is 0.773. The highest BCUT2D eigenvalue weighted by molar-refractivity contribution is 4.82. The van der Waals surface area contributed by atoms with Gasteiger partial charge >= 0.3 is 0 Å². The fourth-order valence-corrected chi connectivity index (χ4v) is 2.05. The molecule has 2 unspecified atom stereocenters. The quantitative estimate of drug-likeness (QED) is 0.687. The van der Waals surface area contributed by atoms with Crippen molar-refractivity contribution in [2.45, 2.75) is 31.8 Å². The number of aliphatic hydroxyl groups excluding tert-OH is 1. The van der Waals surface area contributed by atoms with Crippen LogP contribution in [0.25, 0.3) is 0 Å². The number of hydrogen-bond donors (Lipinski definition) is 2. The summed E-state index contributed by atoms with van der Waals surface area (Å²) in [5.41, 5.74) is 0. The van der Waals surface area contributed by atoms with Gasteiger partial charge in [-0.1, -0.05) is 0 Å². The summed E-state index contributed by atoms with van der Waals surface area (Å²) in [4.78, 5) is 0. The predicted molar refractivity (Wildman–Crippen MR) is 55.1 cm³/mol. The molecule has 2 N–H and O–H groups in total. The Morgan fingerprint density at radius 2 is 2.21 bits per heavy atom. The van der Waals surface area contributed by atoms with Crippen LogP contribution in [-0.4, -0.2) is 37.5 Å². The molecule has 3 heteroatoms. The molecule has 14 heavy (non-hydrogen) atoms. The third-order valence-electron chi connectivity index (χ3n) is 3.21. The van der Waals surface area contributed by atoms with Crippen molar-refractivity contribution in [3.63, 3.8) is 0 Å². The van der Waals surface area contributed by atoms with E-state index in [1.54, 1.807) is 0 Å². The van der Waals surface area contributed by atoms with E-state index in [4.69, 9.17) is 4.74 Å². The van der Waals surface area contributed by atoms with Gasteiger partial charge in [-0.2, -0.15) is 0 Å². The van der Waals surface area contributed by atoms with Gasteiger partial charge in [0.25, 0.3) is 0 Å². The zero-order chi connectivity index (χ0) is 9.80. The van der Waals surface area contributed by atoms with E-state index in [1.165, 1.54) is 25.7 Å². The van der Waals surface area contributed by atoms with E-state index in [2.05, 4.69) is 5.32 Å². The summed E-state index contributed by atoms with van der Waals surface area (Å²) in [6.45, 7) is 3.60. The minimum Gasteiger partial charge on any atom is -0.392 e. The first kappa shape index (κ1) is 10.4. The lowest BCUT2D eigenvalue weighted by atomic mass is 10.0. The average molecular weight is 199 g/mol. The van der Waals surface area contributed by atoms with Gasteiger partial charge in [0.1, 0.15) is 0 Å². The number of nitrogens with one attached hydrogen (secondary N) is 1. The Labute approximate surface area is 85.8 Å². The minimum absolute atomic E-state index is 0.112. The highest BCUT2D eigenvalue weighted by Crippen LogP contribution is 2.32. The van der Waals surface area contributed by atoms with Crippen LogP contribution >= 0.6 is 0 Å². The molecule has 1 saturated heterocycles. The summed E-state index contributed by atoms with van der Waals surface area (Å²) >= 11 is 0. The first-order valence-electron chi connectivity index (χ1n) is 5.83. The Morgan fingerprint density at radius 3 is 2.86 bits per heavy atom. The second-order valence-electron chi connectivity index (χ2n) is 4.65. The van der Waals surface area contributed by atoms with Crippen molar-refractivity contribution in [2.75, 3.05) is 26.3 Å². The molecule has 2 fully saturated rings. The first-order chi connectivity index (χ1) is 6.86. The fourth-order valence-electron chi connectivity index (χ4n) is 2.05. The molecule has 0 spiro atoms. The Kier molecular flexibility index (Phi) is 3.79. The molecule has 2 rings (SSSR count). The smallest absolute Gasteiger partial charge is 0.0692 e. The van der Waals surface area contributed by atoms with Gasteiger partial charge in [-0.25, -0.2) is 0 Å². The summed E-state index contributed by atoms with van der Waals surface area (Å²) in [7, 11) is 0. The van der Waals surface area contributed by atoms with Gasteiger partial charge in [0, 0.05) is 19.7 Å². The zero-order valence-corrected chi connectivity index (χ0v) is 8.74. The average Bonchev–Trinajstić information content (AvgIpc) is 3.02. The maximum absolute atomic E-state index is 9.62. The van der Waals surface area contributed by atoms with Crippen molar-refractivity contribution < 1.29 is 9.84 Å². The topological polar surface area (TPSA) is 41.5 Å². The van der Waals surface area contributed by atoms with Crippen LogP contribution in [0.1, 0.15) is 25.7 Å². The molecule has 2 aliphatic rings. The van der Waals surface area contributed by atoms with E-state index in [-0.39, 0.29) is 6.10 Å². The summed E-state index contributed by atoms with van der Waals surface area (Å²) in [5.74, 6) is 1.25. The summed E-state index contributed by atoms with van der Waals surface area (Å²) in [6, 6.07) is 0. The molecule has 0 aromatic heterocycles. The van der Waals surface area contributed by atoms with Crippen LogP contribution in [-0.2, 0) is 4.74 Å². The Bertz CT molecular complexity index is 165. The minimum atomic E-state index is -0.112. The molecule has 1 saturated carbocycles. The van der Waals surface area contributed by atoms with Gasteiger partial charge in [-0.3, -0.25) is 0 Å². The van der Waals surface area contributed by atoms with Crippen LogP contribution < -0.4 is 5.32 Å². The summed E-state index contributed by atoms with van der Waals surface area (Å²) in [5, 5.41) is 13.0. The molecule has 1 aliphatic carbocycles. The van der Waals surface area contributed by atoms with Crippen molar-refractivity contribution in [1.82, 2.24) is 5.32 Å². The van der Waals surface area contributed by atoms with Crippen molar-refractivity contribution >= 4 is 0 Å². The molecule has 2 atom stereocenters. The third kappa shape index (κ3) is 3.23. The van der Waals surface area contributed by atoms with Gasteiger partial charge in [-0.15, -0.1) is 0 Å². The van der Waals surface area contributed by atoms with Crippen LogP contribution in [0.3, 0.4) is 0 Å². The number of rotatable bonds is 5. The Morgan fingerprint density at radius 1 is 1.36 bits per heavy atom. The largest absolute Gasteiger partial charge is 0.392 e. The normalized spacial score (nSPS) is 30.2. The monoisotopic (exact) mass is 199 g/mol. The second-order valence-corrected chi connectivity index (χ2v) is 4.65. The number of ether oxygens (including phenoxy) is 1. The van der Waals surface area contributed by atoms with E-state index >= 15 is 0 Å². The summed E-state index contributed by atoms with van der Waals surface area (Å²) in [6.07, 6.45) is 4.79. The van der Waals surface area contributed by atoms with Crippen molar-refractivity contribution in [3.05, 3.63) is 0 Å². The van der Waals surface area contributed by atoms with E-state index in [0.717, 1.165) is 26.3 Å². The van der Waals surface area contributed by atoms with Gasteiger partial charge in [0.05, 0.1) is 12.7 Å². The molecular weight excluding hydrogens is 178 g/mol. The molecule has 0 bridgehead atoms. The van der Waals surface area contributed by atoms with Crippen molar-refractivity contribution in [2.24, 2.45) is 11.8 Å². The summed E-state index contributed by atoms with van der Waals surface area (Å²) < 4.78 is 5.40. The van der Waals surface area contributed by atoms with Crippen LogP contribution in [0.2, 0.25) is 0 Å². The highest BCUT2D eigenvalue weighted by Gasteiger charge is 2.29. The third-order valence-corrected chi connectivity index (χ3v) is 3.21. The van der Waals surface area contributed by atoms with Crippen molar-refractivity contribution in [1.29, 1.82) is 0 Å². The highest BCUT2D eigenvalue weighted by atomic mass is 16.5. The lowest BCUT2D eigenvalue weighted by molar-refractivity contribution is 0.0527. The first-order valence-corrected chi connectivity index (χ1v) is 5.83. The Balaban J connectivity index is 1.52. The van der Waals surface area contributed by atoms with Crippen LogP contribution in [0.4, 0.5) is 0 Å². The van der Waals surface area contributed by atoms with Gasteiger partial charge in [-0.05, 0) is 37.5 Å². The van der Waals surface area contributed by atoms with E-state index < -0.39 is 0 Å². The molecule has 3 nitrogen and oxygen atoms in total. The molecule has 1 heterocycles. The van der Waals surface area contributed by atoms with E-state index in [0.29, 0.717) is 11.8 Å². The van der Waals surface area contributed by atoms with Gasteiger partial charge < -0.3 is 15.2 Å². The van der Waals surface area contributed by atoms with E-state index in [9.17, 15) is 5.11 Å². The molecule has 0 amide bonds. The Hall–Kier alpha value is -0.120. The second kappa shape index (κ2) is 5.10. The standard InChI is InChI=1S/C11H21NO2/c13-11(10-3-4-10)7-12-6-9-2-1-5-14-8-9/h9-13H,1-8H2. The number of aliphatic hydroxyl groups is 1. The number of hydrogen-bond acceptors (Lipinski definition) is 3. The molecule has 82 valence electrons. The molecule has 0 aromatic rings. The molecule has 1 aliphatic heterocycles.